The van der Waals surface area contributed by atoms with Gasteiger partial charge in [0.15, 0.2) is 5.76 Å². The van der Waals surface area contributed by atoms with E-state index in [2.05, 4.69) is 5.32 Å². The topological polar surface area (TPSA) is 110 Å². The molecule has 2 aromatic carbocycles. The smallest absolute Gasteiger partial charge is 0.306 e. The minimum Gasteiger partial charge on any atom is -0.503 e. The molecule has 0 saturated carbocycles. The van der Waals surface area contributed by atoms with Crippen molar-refractivity contribution >= 4 is 18.1 Å². The number of hydrogen-bond acceptors (Lipinski definition) is 4. The van der Waals surface area contributed by atoms with Gasteiger partial charge in [0.05, 0.1) is 5.92 Å². The lowest BCUT2D eigenvalue weighted by Crippen LogP contribution is -2.39. The van der Waals surface area contributed by atoms with Gasteiger partial charge >= 0.3 is 5.97 Å². The van der Waals surface area contributed by atoms with E-state index < -0.39 is 29.6 Å². The average molecular weight is 380 g/mol. The lowest BCUT2D eigenvalue weighted by Gasteiger charge is -2.21. The third kappa shape index (κ3) is 6.09. The third-order valence-corrected chi connectivity index (χ3v) is 4.41. The molecule has 146 valence electrons. The van der Waals surface area contributed by atoms with Gasteiger partial charge in [0, 0.05) is 18.3 Å². The van der Waals surface area contributed by atoms with Crippen LogP contribution < -0.4 is 5.32 Å². The Kier molecular flexibility index (Phi) is 7.51. The number of carbonyl (C=O) groups excluding carboxylic acids is 1. The first-order valence-electron chi connectivity index (χ1n) is 8.98. The summed E-state index contributed by atoms with van der Waals surface area (Å²) in [5.41, 5.74) is 3.11. The van der Waals surface area contributed by atoms with Crippen molar-refractivity contribution in [3.63, 3.8) is 0 Å². The summed E-state index contributed by atoms with van der Waals surface area (Å²) in [7, 11) is 0. The number of allylic oxidation sites excluding steroid dienone is 1. The molecule has 0 unspecified atom stereocenters. The van der Waals surface area contributed by atoms with Crippen LogP contribution in [0.5, 0.6) is 0 Å². The van der Waals surface area contributed by atoms with E-state index in [4.69, 9.17) is 5.41 Å². The number of carbonyl (C=O) groups is 2. The van der Waals surface area contributed by atoms with Gasteiger partial charge < -0.3 is 20.9 Å². The third-order valence-electron chi connectivity index (χ3n) is 4.41. The van der Waals surface area contributed by atoms with Crippen LogP contribution in [0.2, 0.25) is 0 Å². The Morgan fingerprint density at radius 2 is 1.64 bits per heavy atom. The second-order valence-electron chi connectivity index (χ2n) is 6.63. The van der Waals surface area contributed by atoms with Gasteiger partial charge in [-0.25, -0.2) is 0 Å². The van der Waals surface area contributed by atoms with Gasteiger partial charge in [0.1, 0.15) is 0 Å². The predicted octanol–water partition coefficient (Wildman–Crippen LogP) is 3.58. The molecule has 28 heavy (non-hydrogen) atoms. The van der Waals surface area contributed by atoms with Crippen LogP contribution in [0.25, 0.3) is 11.1 Å². The maximum absolute atomic E-state index is 12.0. The van der Waals surface area contributed by atoms with Crippen LogP contribution in [0.1, 0.15) is 18.9 Å². The van der Waals surface area contributed by atoms with Crippen molar-refractivity contribution in [3.05, 3.63) is 72.0 Å². The highest BCUT2D eigenvalue weighted by Crippen LogP contribution is 2.20. The summed E-state index contributed by atoms with van der Waals surface area (Å²) < 4.78 is 0. The van der Waals surface area contributed by atoms with E-state index >= 15 is 0 Å². The molecule has 6 heteroatoms. The molecule has 2 rings (SSSR count). The van der Waals surface area contributed by atoms with Gasteiger partial charge in [-0.15, -0.1) is 0 Å². The van der Waals surface area contributed by atoms with Gasteiger partial charge in [-0.3, -0.25) is 9.59 Å². The molecule has 0 aromatic heterocycles. The van der Waals surface area contributed by atoms with Crippen LogP contribution in [-0.4, -0.2) is 34.3 Å². The van der Waals surface area contributed by atoms with E-state index in [1.165, 1.54) is 0 Å². The van der Waals surface area contributed by atoms with E-state index in [0.717, 1.165) is 29.0 Å². The zero-order valence-electron chi connectivity index (χ0n) is 15.6. The largest absolute Gasteiger partial charge is 0.503 e. The number of hydrogen-bond donors (Lipinski definition) is 4. The summed E-state index contributed by atoms with van der Waals surface area (Å²) in [6, 6.07) is 17.3. The summed E-state index contributed by atoms with van der Waals surface area (Å²) in [5.74, 6) is -2.91. The molecule has 0 aliphatic rings. The van der Waals surface area contributed by atoms with E-state index in [1.54, 1.807) is 6.92 Å². The Balaban J connectivity index is 2.14. The molecule has 2 aromatic rings. The van der Waals surface area contributed by atoms with E-state index in [-0.39, 0.29) is 6.42 Å². The number of carboxylic acids is 1. The lowest BCUT2D eigenvalue weighted by atomic mass is 9.95. The summed E-state index contributed by atoms with van der Waals surface area (Å²) in [6.45, 7) is 1.58. The summed E-state index contributed by atoms with van der Waals surface area (Å²) in [6.07, 6.45) is 2.43. The quantitative estimate of drug-likeness (QED) is 0.303. The van der Waals surface area contributed by atoms with Crippen molar-refractivity contribution in [2.24, 2.45) is 5.92 Å². The highest BCUT2D eigenvalue weighted by molar-refractivity contribution is 5.94. The number of aliphatic hydroxyl groups excluding tert-OH is 1. The maximum atomic E-state index is 12.0. The van der Waals surface area contributed by atoms with E-state index in [1.807, 2.05) is 54.6 Å². The van der Waals surface area contributed by atoms with Crippen molar-refractivity contribution in [1.29, 1.82) is 5.41 Å². The summed E-state index contributed by atoms with van der Waals surface area (Å²) >= 11 is 0. The normalized spacial score (nSPS) is 13.4. The molecule has 6 nitrogen and oxygen atoms in total. The van der Waals surface area contributed by atoms with Gasteiger partial charge in [-0.05, 0) is 29.5 Å². The Morgan fingerprint density at radius 1 is 1.04 bits per heavy atom. The number of carboxylic acid groups (broad SMARTS) is 1. The first-order valence-corrected chi connectivity index (χ1v) is 8.98. The van der Waals surface area contributed by atoms with Gasteiger partial charge in [-0.1, -0.05) is 61.5 Å². The Morgan fingerprint density at radius 3 is 2.21 bits per heavy atom. The van der Waals surface area contributed by atoms with E-state index in [9.17, 15) is 19.8 Å². The minimum atomic E-state index is -0.946. The van der Waals surface area contributed by atoms with Crippen LogP contribution in [-0.2, 0) is 16.0 Å². The van der Waals surface area contributed by atoms with E-state index in [0.29, 0.717) is 6.42 Å². The molecular formula is C22H24N2O4. The molecule has 0 spiro atoms. The first kappa shape index (κ1) is 20.9. The van der Waals surface area contributed by atoms with Gasteiger partial charge in [0.2, 0.25) is 0 Å². The molecule has 0 heterocycles. The molecule has 0 bridgehead atoms. The highest BCUT2D eigenvalue weighted by atomic mass is 16.4. The monoisotopic (exact) mass is 380 g/mol. The first-order chi connectivity index (χ1) is 13.4. The van der Waals surface area contributed by atoms with Crippen LogP contribution in [0, 0.1) is 11.3 Å². The minimum absolute atomic E-state index is 0.222. The van der Waals surface area contributed by atoms with Crippen molar-refractivity contribution in [2.75, 3.05) is 0 Å². The molecule has 0 saturated heterocycles. The fourth-order valence-electron chi connectivity index (χ4n) is 2.88. The standard InChI is InChI=1S/C22H24N2O4/c1-15(22(27)28)13-19(24-21(26)20(25)11-12-23)14-16-7-9-18(10-8-16)17-5-3-2-4-6-17/h2-12,15,19,23,25H,13-14H2,1H3,(H,24,26)(H,27,28)/b20-11-,23-12?/t15-,19+/m1/s1. The molecular weight excluding hydrogens is 356 g/mol. The fourth-order valence-corrected chi connectivity index (χ4v) is 2.88. The Bertz CT molecular complexity index is 845. The number of amides is 1. The summed E-state index contributed by atoms with van der Waals surface area (Å²) in [5, 5.41) is 28.4. The average Bonchev–Trinajstić information content (AvgIpc) is 2.69. The second-order valence-corrected chi connectivity index (χ2v) is 6.63. The van der Waals surface area contributed by atoms with Gasteiger partial charge in [0.25, 0.3) is 5.91 Å². The number of nitrogens with one attached hydrogen (secondary N) is 2. The van der Waals surface area contributed by atoms with Crippen molar-refractivity contribution in [3.8, 4) is 11.1 Å². The number of benzene rings is 2. The van der Waals surface area contributed by atoms with Crippen molar-refractivity contribution in [2.45, 2.75) is 25.8 Å². The summed E-state index contributed by atoms with van der Waals surface area (Å²) in [4.78, 5) is 23.3. The molecule has 2 atom stereocenters. The van der Waals surface area contributed by atoms with Crippen LogP contribution in [0.4, 0.5) is 0 Å². The predicted molar refractivity (Wildman–Crippen MR) is 108 cm³/mol. The zero-order valence-corrected chi connectivity index (χ0v) is 15.6. The number of aliphatic carboxylic acids is 1. The molecule has 4 N–H and O–H groups in total. The molecule has 1 amide bonds. The number of rotatable bonds is 9. The fraction of sp³-hybridized carbons (Fsp3) is 0.227. The zero-order chi connectivity index (χ0) is 20.5. The van der Waals surface area contributed by atoms with Gasteiger partial charge in [-0.2, -0.15) is 0 Å². The van der Waals surface area contributed by atoms with Crippen molar-refractivity contribution in [1.82, 2.24) is 5.32 Å². The molecule has 0 aliphatic carbocycles. The van der Waals surface area contributed by atoms with Crippen molar-refractivity contribution < 1.29 is 19.8 Å². The van der Waals surface area contributed by atoms with Crippen LogP contribution in [0.3, 0.4) is 0 Å². The highest BCUT2D eigenvalue weighted by Gasteiger charge is 2.21. The molecule has 0 aliphatic heterocycles. The second kappa shape index (κ2) is 10.1. The van der Waals surface area contributed by atoms with Crippen LogP contribution in [0.15, 0.2) is 66.4 Å². The lowest BCUT2D eigenvalue weighted by molar-refractivity contribution is -0.141. The molecule has 0 radical (unpaired) electrons. The molecule has 0 fully saturated rings. The number of aliphatic hydroxyl groups is 1. The Hall–Kier alpha value is -3.41. The van der Waals surface area contributed by atoms with Crippen LogP contribution >= 0.6 is 0 Å². The maximum Gasteiger partial charge on any atom is 0.306 e. The Labute approximate surface area is 164 Å². The SMILES string of the molecule is C[C@H](C[C@@H](Cc1ccc(-c2ccccc2)cc1)NC(=O)/C(O)=C/C=N)C(=O)O.